The summed E-state index contributed by atoms with van der Waals surface area (Å²) < 4.78 is 2.19. The van der Waals surface area contributed by atoms with E-state index in [0.717, 1.165) is 61.4 Å². The number of nitrogens with one attached hydrogen (secondary N) is 1. The van der Waals surface area contributed by atoms with Crippen molar-refractivity contribution < 1.29 is 0 Å². The first kappa shape index (κ1) is 14.4. The third-order valence-corrected chi connectivity index (χ3v) is 4.07. The van der Waals surface area contributed by atoms with Gasteiger partial charge >= 0.3 is 0 Å². The highest BCUT2D eigenvalue weighted by atomic mass is 35.5. The number of imidazole rings is 1. The Labute approximate surface area is 130 Å². The van der Waals surface area contributed by atoms with Crippen molar-refractivity contribution in [2.75, 3.05) is 18.0 Å². The summed E-state index contributed by atoms with van der Waals surface area (Å²) in [5.74, 6) is 2.06. The van der Waals surface area contributed by atoms with E-state index >= 15 is 0 Å². The highest BCUT2D eigenvalue weighted by Crippen LogP contribution is 2.23. The first-order valence-electron chi connectivity index (χ1n) is 7.38. The average molecular weight is 306 g/mol. The van der Waals surface area contributed by atoms with Gasteiger partial charge in [-0.1, -0.05) is 18.5 Å². The molecule has 3 rings (SSSR count). The van der Waals surface area contributed by atoms with Crippen LogP contribution in [0.25, 0.3) is 0 Å². The van der Waals surface area contributed by atoms with Crippen LogP contribution < -0.4 is 10.2 Å². The third kappa shape index (κ3) is 3.19. The monoisotopic (exact) mass is 305 g/mol. The fourth-order valence-corrected chi connectivity index (χ4v) is 2.72. The van der Waals surface area contributed by atoms with Crippen molar-refractivity contribution in [1.29, 1.82) is 0 Å². The minimum absolute atomic E-state index is 0.723. The number of anilines is 1. The molecule has 0 aliphatic carbocycles. The SMILES string of the molecule is CCCNCc1cc(N2CCn3ccnc3C2)ncc1Cl. The largest absolute Gasteiger partial charge is 0.347 e. The molecule has 0 amide bonds. The minimum atomic E-state index is 0.723. The lowest BCUT2D eigenvalue weighted by Gasteiger charge is -2.29. The van der Waals surface area contributed by atoms with E-state index in [1.165, 1.54) is 0 Å². The predicted octanol–water partition coefficient (Wildman–Crippen LogP) is 2.45. The highest BCUT2D eigenvalue weighted by Gasteiger charge is 2.18. The van der Waals surface area contributed by atoms with Gasteiger partial charge < -0.3 is 14.8 Å². The van der Waals surface area contributed by atoms with Crippen molar-refractivity contribution in [2.45, 2.75) is 33.0 Å². The lowest BCUT2D eigenvalue weighted by molar-refractivity contribution is 0.556. The van der Waals surface area contributed by atoms with Crippen LogP contribution in [-0.4, -0.2) is 27.6 Å². The number of fused-ring (bicyclic) bond motifs is 1. The van der Waals surface area contributed by atoms with Crippen LogP contribution in [0.1, 0.15) is 24.7 Å². The van der Waals surface area contributed by atoms with Gasteiger partial charge in [0.1, 0.15) is 11.6 Å². The van der Waals surface area contributed by atoms with Gasteiger partial charge in [-0.25, -0.2) is 9.97 Å². The fourth-order valence-electron chi connectivity index (χ4n) is 2.55. The van der Waals surface area contributed by atoms with Gasteiger partial charge in [0, 0.05) is 38.2 Å². The summed E-state index contributed by atoms with van der Waals surface area (Å²) in [6.07, 6.45) is 6.75. The number of hydrogen-bond acceptors (Lipinski definition) is 4. The number of hydrogen-bond donors (Lipinski definition) is 1. The van der Waals surface area contributed by atoms with E-state index in [4.69, 9.17) is 11.6 Å². The summed E-state index contributed by atoms with van der Waals surface area (Å²) in [7, 11) is 0. The van der Waals surface area contributed by atoms with Crippen LogP contribution >= 0.6 is 11.6 Å². The van der Waals surface area contributed by atoms with E-state index in [2.05, 4.69) is 37.7 Å². The Morgan fingerprint density at radius 2 is 2.24 bits per heavy atom. The molecular formula is C15H20ClN5. The summed E-state index contributed by atoms with van der Waals surface area (Å²) in [4.78, 5) is 11.1. The first-order chi connectivity index (χ1) is 10.3. The van der Waals surface area contributed by atoms with Crippen LogP contribution in [0.3, 0.4) is 0 Å². The summed E-state index contributed by atoms with van der Waals surface area (Å²) in [6, 6.07) is 2.09. The molecule has 21 heavy (non-hydrogen) atoms. The zero-order valence-corrected chi connectivity index (χ0v) is 13.0. The maximum atomic E-state index is 6.24. The molecule has 6 heteroatoms. The van der Waals surface area contributed by atoms with E-state index in [9.17, 15) is 0 Å². The fraction of sp³-hybridized carbons (Fsp3) is 0.467. The number of nitrogens with zero attached hydrogens (tertiary/aromatic N) is 4. The maximum Gasteiger partial charge on any atom is 0.129 e. The van der Waals surface area contributed by atoms with Gasteiger partial charge in [0.25, 0.3) is 0 Å². The maximum absolute atomic E-state index is 6.24. The number of pyridine rings is 1. The number of halogens is 1. The Morgan fingerprint density at radius 3 is 3.10 bits per heavy atom. The zero-order chi connectivity index (χ0) is 14.7. The van der Waals surface area contributed by atoms with Crippen LogP contribution in [0.5, 0.6) is 0 Å². The second-order valence-electron chi connectivity index (χ2n) is 5.27. The minimum Gasteiger partial charge on any atom is -0.347 e. The van der Waals surface area contributed by atoms with Gasteiger partial charge in [-0.2, -0.15) is 0 Å². The molecule has 0 unspecified atom stereocenters. The molecule has 112 valence electrons. The van der Waals surface area contributed by atoms with Crippen LogP contribution in [0.15, 0.2) is 24.7 Å². The van der Waals surface area contributed by atoms with E-state index in [1.54, 1.807) is 6.20 Å². The van der Waals surface area contributed by atoms with Crippen LogP contribution in [0, 0.1) is 0 Å². The molecule has 2 aromatic rings. The van der Waals surface area contributed by atoms with Crippen molar-refractivity contribution in [3.05, 3.63) is 41.1 Å². The molecule has 0 saturated carbocycles. The van der Waals surface area contributed by atoms with Crippen LogP contribution in [0.2, 0.25) is 5.02 Å². The van der Waals surface area contributed by atoms with Crippen LogP contribution in [-0.2, 0) is 19.6 Å². The molecule has 1 aliphatic rings. The number of aromatic nitrogens is 3. The van der Waals surface area contributed by atoms with Gasteiger partial charge in [0.15, 0.2) is 0 Å². The molecule has 0 fully saturated rings. The lowest BCUT2D eigenvalue weighted by Crippen LogP contribution is -2.34. The smallest absolute Gasteiger partial charge is 0.129 e. The van der Waals surface area contributed by atoms with Crippen molar-refractivity contribution >= 4 is 17.4 Å². The predicted molar refractivity (Wildman–Crippen MR) is 84.5 cm³/mol. The lowest BCUT2D eigenvalue weighted by atomic mass is 10.2. The van der Waals surface area contributed by atoms with Gasteiger partial charge in [0.05, 0.1) is 11.6 Å². The van der Waals surface area contributed by atoms with Crippen molar-refractivity contribution in [3.63, 3.8) is 0 Å². The Balaban J connectivity index is 1.75. The van der Waals surface area contributed by atoms with Gasteiger partial charge in [-0.3, -0.25) is 0 Å². The highest BCUT2D eigenvalue weighted by molar-refractivity contribution is 6.31. The van der Waals surface area contributed by atoms with Gasteiger partial charge in [-0.05, 0) is 24.6 Å². The molecular weight excluding hydrogens is 286 g/mol. The summed E-state index contributed by atoms with van der Waals surface area (Å²) >= 11 is 6.24. The Kier molecular flexibility index (Phi) is 4.41. The molecule has 3 heterocycles. The van der Waals surface area contributed by atoms with E-state index in [1.807, 2.05) is 12.4 Å². The first-order valence-corrected chi connectivity index (χ1v) is 7.76. The van der Waals surface area contributed by atoms with Crippen LogP contribution in [0.4, 0.5) is 5.82 Å². The third-order valence-electron chi connectivity index (χ3n) is 3.73. The quantitative estimate of drug-likeness (QED) is 0.862. The molecule has 5 nitrogen and oxygen atoms in total. The molecule has 0 radical (unpaired) electrons. The molecule has 0 aromatic carbocycles. The normalized spacial score (nSPS) is 14.3. The summed E-state index contributed by atoms with van der Waals surface area (Å²) in [5.41, 5.74) is 1.10. The molecule has 0 bridgehead atoms. The second-order valence-corrected chi connectivity index (χ2v) is 5.68. The van der Waals surface area contributed by atoms with Crippen molar-refractivity contribution in [3.8, 4) is 0 Å². The van der Waals surface area contributed by atoms with Crippen molar-refractivity contribution in [1.82, 2.24) is 19.9 Å². The zero-order valence-electron chi connectivity index (χ0n) is 12.2. The number of rotatable bonds is 5. The van der Waals surface area contributed by atoms with Gasteiger partial charge in [0.2, 0.25) is 0 Å². The average Bonchev–Trinajstić information content (AvgIpc) is 2.97. The van der Waals surface area contributed by atoms with Crippen molar-refractivity contribution in [2.24, 2.45) is 0 Å². The topological polar surface area (TPSA) is 46.0 Å². The standard InChI is InChI=1S/C15H20ClN5/c1-2-3-17-9-12-8-14(19-10-13(12)16)21-7-6-20-5-4-18-15(20)11-21/h4-5,8,10,17H,2-3,6-7,9,11H2,1H3. The molecule has 2 aromatic heterocycles. The molecule has 0 saturated heterocycles. The Morgan fingerprint density at radius 1 is 1.33 bits per heavy atom. The van der Waals surface area contributed by atoms with E-state index < -0.39 is 0 Å². The Hall–Kier alpha value is -1.59. The molecule has 0 spiro atoms. The van der Waals surface area contributed by atoms with Gasteiger partial charge in [-0.15, -0.1) is 0 Å². The second kappa shape index (κ2) is 6.45. The van der Waals surface area contributed by atoms with E-state index in [0.29, 0.717) is 0 Å². The molecule has 1 aliphatic heterocycles. The van der Waals surface area contributed by atoms with E-state index in [-0.39, 0.29) is 0 Å². The summed E-state index contributed by atoms with van der Waals surface area (Å²) in [5, 5.41) is 4.11. The molecule has 1 N–H and O–H groups in total. The molecule has 0 atom stereocenters. The Bertz CT molecular complexity index is 610. The summed E-state index contributed by atoms with van der Waals surface area (Å²) in [6.45, 7) is 6.62.